The van der Waals surface area contributed by atoms with Crippen LogP contribution in [0, 0.1) is 5.82 Å². The molecule has 53 heavy (non-hydrogen) atoms. The zero-order valence-corrected chi connectivity index (χ0v) is 30.2. The number of carbonyl (C=O) groups is 5. The first kappa shape index (κ1) is 38.9. The third-order valence-electron chi connectivity index (χ3n) is 9.52. The molecule has 0 radical (unpaired) electrons. The van der Waals surface area contributed by atoms with Crippen molar-refractivity contribution in [2.45, 2.75) is 75.4 Å². The maximum absolute atomic E-state index is 14.3. The van der Waals surface area contributed by atoms with E-state index >= 15 is 0 Å². The van der Waals surface area contributed by atoms with Crippen LogP contribution in [0.4, 0.5) is 4.39 Å². The molecule has 0 spiro atoms. The highest BCUT2D eigenvalue weighted by Crippen LogP contribution is 2.34. The van der Waals surface area contributed by atoms with Crippen molar-refractivity contribution >= 4 is 29.5 Å². The van der Waals surface area contributed by atoms with Crippen molar-refractivity contribution in [3.8, 4) is 5.75 Å². The minimum absolute atomic E-state index is 0.120. The van der Waals surface area contributed by atoms with Crippen LogP contribution in [-0.4, -0.2) is 80.1 Å². The Bertz CT molecular complexity index is 1760. The minimum atomic E-state index is -1.32. The quantitative estimate of drug-likeness (QED) is 0.260. The molecule has 3 aromatic rings. The molecule has 282 valence electrons. The molecule has 0 saturated carbocycles. The maximum Gasteiger partial charge on any atom is 0.255 e. The fourth-order valence-electron chi connectivity index (χ4n) is 6.71. The topological polar surface area (TPSA) is 164 Å². The Morgan fingerprint density at radius 1 is 0.887 bits per heavy atom. The van der Waals surface area contributed by atoms with Crippen molar-refractivity contribution in [1.29, 1.82) is 0 Å². The van der Waals surface area contributed by atoms with Crippen LogP contribution in [0.25, 0.3) is 0 Å². The number of ether oxygens (including phenoxy) is 2. The van der Waals surface area contributed by atoms with Crippen LogP contribution < -0.4 is 31.3 Å². The van der Waals surface area contributed by atoms with E-state index in [1.807, 2.05) is 36.4 Å². The van der Waals surface area contributed by atoms with Crippen molar-refractivity contribution in [2.75, 3.05) is 32.9 Å². The van der Waals surface area contributed by atoms with Crippen LogP contribution in [0.15, 0.2) is 78.9 Å². The molecule has 2 atom stereocenters. The fourth-order valence-corrected chi connectivity index (χ4v) is 6.71. The molecule has 2 heterocycles. The Labute approximate surface area is 309 Å². The highest BCUT2D eigenvalue weighted by atomic mass is 19.1. The van der Waals surface area contributed by atoms with E-state index in [1.165, 1.54) is 12.1 Å². The number of hydrogen-bond acceptors (Lipinski definition) is 7. The number of amides is 5. The van der Waals surface area contributed by atoms with E-state index in [1.54, 1.807) is 44.2 Å². The highest BCUT2D eigenvalue weighted by molar-refractivity contribution is 6.00. The van der Waals surface area contributed by atoms with Gasteiger partial charge in [0.25, 0.3) is 5.91 Å². The summed E-state index contributed by atoms with van der Waals surface area (Å²) in [5.41, 5.74) is 0.0242. The molecular formula is C40H48FN5O7. The molecule has 1 saturated heterocycles. The first-order chi connectivity index (χ1) is 25.4. The second-order valence-electron chi connectivity index (χ2n) is 14.3. The van der Waals surface area contributed by atoms with Gasteiger partial charge in [0.2, 0.25) is 23.6 Å². The summed E-state index contributed by atoms with van der Waals surface area (Å²) in [6, 6.07) is 19.9. The van der Waals surface area contributed by atoms with Gasteiger partial charge in [-0.05, 0) is 68.5 Å². The predicted octanol–water partition coefficient (Wildman–Crippen LogP) is 3.09. The van der Waals surface area contributed by atoms with E-state index < -0.39 is 58.9 Å². The smallest absolute Gasteiger partial charge is 0.255 e. The number of halogens is 1. The molecule has 12 nitrogen and oxygen atoms in total. The van der Waals surface area contributed by atoms with Gasteiger partial charge >= 0.3 is 0 Å². The van der Waals surface area contributed by atoms with Gasteiger partial charge < -0.3 is 36.1 Å². The molecule has 1 fully saturated rings. The molecule has 0 unspecified atom stereocenters. The molecule has 0 aromatic heterocycles. The van der Waals surface area contributed by atoms with E-state index in [-0.39, 0.29) is 49.8 Å². The number of nitrogens with one attached hydrogen (secondary N) is 5. The lowest BCUT2D eigenvalue weighted by molar-refractivity contribution is -0.131. The number of fused-ring (bicyclic) bond motifs is 1. The molecule has 0 aliphatic carbocycles. The summed E-state index contributed by atoms with van der Waals surface area (Å²) in [6.07, 6.45) is 1.11. The zero-order valence-electron chi connectivity index (χ0n) is 30.2. The standard InChI is InChI=1S/C40H48FN5O7/c1-39(2)25-35(48)44-31(22-27-10-4-3-5-11-27)37(50)42-18-9-19-53-33-15-7-6-14-30(33)36(49)45-32(24-34(47)46-39)38(51)43-26-40(16-20-52-21-17-40)28-12-8-13-29(41)23-28/h3-8,10-15,23,31-32H,9,16-22,24-26H2,1-2H3,(H,42,50)(H,43,51)(H,44,48)(H,45,49)(H,46,47)/t31-,32-/m0/s1. The lowest BCUT2D eigenvalue weighted by Gasteiger charge is -2.38. The van der Waals surface area contributed by atoms with Gasteiger partial charge in [-0.1, -0.05) is 54.6 Å². The van der Waals surface area contributed by atoms with Crippen LogP contribution in [-0.2, 0) is 35.8 Å². The molecule has 2 aliphatic rings. The Morgan fingerprint density at radius 2 is 1.62 bits per heavy atom. The Kier molecular flexibility index (Phi) is 13.2. The summed E-state index contributed by atoms with van der Waals surface area (Å²) in [6.45, 7) is 4.70. The molecule has 5 N–H and O–H groups in total. The highest BCUT2D eigenvalue weighted by Gasteiger charge is 2.37. The van der Waals surface area contributed by atoms with Crippen LogP contribution in [0.3, 0.4) is 0 Å². The van der Waals surface area contributed by atoms with E-state index in [0.29, 0.717) is 32.5 Å². The SMILES string of the molecule is CC1(C)CC(=O)N[C@@H](Cc2ccccc2)C(=O)NCCCOc2ccccc2C(=O)N[C@H](C(=O)NCC2(c3cccc(F)c3)CCOCC2)CC(=O)N1. The van der Waals surface area contributed by atoms with Gasteiger partial charge in [-0.15, -0.1) is 0 Å². The van der Waals surface area contributed by atoms with Crippen molar-refractivity contribution in [3.63, 3.8) is 0 Å². The van der Waals surface area contributed by atoms with Crippen LogP contribution in [0.1, 0.15) is 67.4 Å². The summed E-state index contributed by atoms with van der Waals surface area (Å²) >= 11 is 0. The summed E-state index contributed by atoms with van der Waals surface area (Å²) < 4.78 is 25.8. The molecule has 0 bridgehead atoms. The van der Waals surface area contributed by atoms with Gasteiger partial charge in [0.15, 0.2) is 0 Å². The van der Waals surface area contributed by atoms with E-state index in [4.69, 9.17) is 9.47 Å². The molecule has 5 amide bonds. The fraction of sp³-hybridized carbons (Fsp3) is 0.425. The second kappa shape index (κ2) is 18.0. The summed E-state index contributed by atoms with van der Waals surface area (Å²) in [5, 5.41) is 14.2. The minimum Gasteiger partial charge on any atom is -0.493 e. The lowest BCUT2D eigenvalue weighted by Crippen LogP contribution is -2.55. The first-order valence-electron chi connectivity index (χ1n) is 18.0. The number of rotatable bonds is 6. The van der Waals surface area contributed by atoms with Crippen LogP contribution >= 0.6 is 0 Å². The van der Waals surface area contributed by atoms with Crippen LogP contribution in [0.2, 0.25) is 0 Å². The first-order valence-corrected chi connectivity index (χ1v) is 18.0. The summed E-state index contributed by atoms with van der Waals surface area (Å²) in [4.78, 5) is 67.8. The van der Waals surface area contributed by atoms with Crippen molar-refractivity contribution in [1.82, 2.24) is 26.6 Å². The summed E-state index contributed by atoms with van der Waals surface area (Å²) in [5.74, 6) is -2.78. The zero-order chi connectivity index (χ0) is 37.8. The Balaban J connectivity index is 1.38. The normalized spacial score (nSPS) is 21.4. The predicted molar refractivity (Wildman–Crippen MR) is 195 cm³/mol. The summed E-state index contributed by atoms with van der Waals surface area (Å²) in [7, 11) is 0. The van der Waals surface area contributed by atoms with Gasteiger partial charge in [-0.3, -0.25) is 24.0 Å². The average Bonchev–Trinajstić information content (AvgIpc) is 3.13. The van der Waals surface area contributed by atoms with Gasteiger partial charge in [0.05, 0.1) is 18.6 Å². The molecule has 13 heteroatoms. The van der Waals surface area contributed by atoms with E-state index in [2.05, 4.69) is 26.6 Å². The van der Waals surface area contributed by atoms with Gasteiger partial charge in [0, 0.05) is 50.1 Å². The van der Waals surface area contributed by atoms with Gasteiger partial charge in [-0.25, -0.2) is 4.39 Å². The molecule has 5 rings (SSSR count). The third kappa shape index (κ3) is 11.1. The monoisotopic (exact) mass is 729 g/mol. The largest absolute Gasteiger partial charge is 0.493 e. The van der Waals surface area contributed by atoms with Gasteiger partial charge in [0.1, 0.15) is 23.7 Å². The van der Waals surface area contributed by atoms with Crippen molar-refractivity contribution in [3.05, 3.63) is 101 Å². The molecule has 2 aliphatic heterocycles. The second-order valence-corrected chi connectivity index (χ2v) is 14.3. The number of benzene rings is 3. The van der Waals surface area contributed by atoms with Crippen LogP contribution in [0.5, 0.6) is 5.75 Å². The maximum atomic E-state index is 14.3. The number of carbonyl (C=O) groups excluding carboxylic acids is 5. The molecular weight excluding hydrogens is 681 g/mol. The van der Waals surface area contributed by atoms with E-state index in [0.717, 1.165) is 11.1 Å². The lowest BCUT2D eigenvalue weighted by atomic mass is 9.74. The Morgan fingerprint density at radius 3 is 2.38 bits per heavy atom. The average molecular weight is 730 g/mol. The third-order valence-corrected chi connectivity index (χ3v) is 9.52. The number of para-hydroxylation sites is 1. The van der Waals surface area contributed by atoms with Crippen molar-refractivity contribution in [2.24, 2.45) is 0 Å². The van der Waals surface area contributed by atoms with Crippen molar-refractivity contribution < 1.29 is 37.8 Å². The van der Waals surface area contributed by atoms with E-state index in [9.17, 15) is 28.4 Å². The Hall–Kier alpha value is -5.30. The molecule has 3 aromatic carbocycles. The number of hydrogen-bond donors (Lipinski definition) is 5. The van der Waals surface area contributed by atoms with Gasteiger partial charge in [-0.2, -0.15) is 0 Å².